The third kappa shape index (κ3) is 2.67. The molecule has 0 amide bonds. The smallest absolute Gasteiger partial charge is 0.380 e. The number of allylic oxidation sites excluding steroid dienone is 2. The van der Waals surface area contributed by atoms with Crippen molar-refractivity contribution in [2.75, 3.05) is 14.2 Å². The Hall–Kier alpha value is -1.68. The molecule has 0 fully saturated rings. The number of hydrogen-bond donors (Lipinski definition) is 0. The van der Waals surface area contributed by atoms with Gasteiger partial charge >= 0.3 is 17.8 Å². The number of halogens is 6. The first-order valence-corrected chi connectivity index (χ1v) is 10.1. The summed E-state index contributed by atoms with van der Waals surface area (Å²) in [6.45, 7) is 6.00. The van der Waals surface area contributed by atoms with Crippen LogP contribution in [0.25, 0.3) is 11.1 Å². The van der Waals surface area contributed by atoms with Crippen LogP contribution < -0.4 is 9.47 Å². The van der Waals surface area contributed by atoms with E-state index in [0.717, 1.165) is 22.7 Å². The maximum absolute atomic E-state index is 15.0. The molecule has 0 N–H and O–H groups in total. The second-order valence-corrected chi connectivity index (χ2v) is 9.15. The lowest BCUT2D eigenvalue weighted by Crippen LogP contribution is -2.49. The van der Waals surface area contributed by atoms with Gasteiger partial charge in [0.25, 0.3) is 0 Å². The van der Waals surface area contributed by atoms with Gasteiger partial charge in [-0.2, -0.15) is 26.3 Å². The number of ether oxygens (including phenoxy) is 2. The molecule has 29 heavy (non-hydrogen) atoms. The molecule has 0 saturated carbocycles. The van der Waals surface area contributed by atoms with Gasteiger partial charge in [-0.05, 0) is 38.8 Å². The first kappa shape index (κ1) is 22.0. The number of aryl methyl sites for hydroxylation is 2. The number of hydrogen-bond acceptors (Lipinski definition) is 4. The molecular weight excluding hydrogens is 438 g/mol. The predicted molar refractivity (Wildman–Crippen MR) is 102 cm³/mol. The van der Waals surface area contributed by atoms with Crippen molar-refractivity contribution in [3.05, 3.63) is 32.0 Å². The molecule has 0 unspecified atom stereocenters. The van der Waals surface area contributed by atoms with Gasteiger partial charge in [-0.25, -0.2) is 0 Å². The van der Waals surface area contributed by atoms with Crippen LogP contribution >= 0.6 is 22.7 Å². The molecule has 2 aromatic heterocycles. The van der Waals surface area contributed by atoms with Gasteiger partial charge in [-0.15, -0.1) is 22.7 Å². The van der Waals surface area contributed by atoms with E-state index >= 15 is 17.6 Å². The number of alkyl halides is 6. The molecular formula is C19H18F6O2S2. The lowest BCUT2D eigenvalue weighted by Gasteiger charge is -2.26. The molecule has 2 nitrogen and oxygen atoms in total. The summed E-state index contributed by atoms with van der Waals surface area (Å²) in [5.74, 6) is -15.9. The van der Waals surface area contributed by atoms with Crippen LogP contribution in [0.2, 0.25) is 0 Å². The van der Waals surface area contributed by atoms with Crippen LogP contribution in [-0.2, 0) is 0 Å². The monoisotopic (exact) mass is 456 g/mol. The maximum atomic E-state index is 15.0. The molecule has 1 aliphatic rings. The van der Waals surface area contributed by atoms with Gasteiger partial charge in [0, 0.05) is 32.0 Å². The first-order valence-electron chi connectivity index (χ1n) is 8.43. The molecule has 0 saturated heterocycles. The molecule has 0 radical (unpaired) electrons. The van der Waals surface area contributed by atoms with E-state index in [4.69, 9.17) is 9.47 Å². The summed E-state index contributed by atoms with van der Waals surface area (Å²) in [4.78, 5) is 1.01. The molecule has 0 aromatic carbocycles. The summed E-state index contributed by atoms with van der Waals surface area (Å²) < 4.78 is 99.2. The highest BCUT2D eigenvalue weighted by Gasteiger charge is 2.81. The maximum Gasteiger partial charge on any atom is 0.380 e. The Labute approximate surface area is 171 Å². The Kier molecular flexibility index (Phi) is 5.06. The molecule has 0 bridgehead atoms. The van der Waals surface area contributed by atoms with Gasteiger partial charge in [0.2, 0.25) is 0 Å². The fourth-order valence-corrected chi connectivity index (χ4v) is 5.39. The second kappa shape index (κ2) is 6.66. The van der Waals surface area contributed by atoms with Crippen molar-refractivity contribution in [1.29, 1.82) is 0 Å². The third-order valence-electron chi connectivity index (χ3n) is 5.24. The minimum absolute atomic E-state index is 0.121. The van der Waals surface area contributed by atoms with Gasteiger partial charge in [-0.1, -0.05) is 0 Å². The van der Waals surface area contributed by atoms with Crippen molar-refractivity contribution in [3.63, 3.8) is 0 Å². The van der Waals surface area contributed by atoms with Crippen LogP contribution in [-0.4, -0.2) is 32.0 Å². The standard InChI is InChI=1S/C19H18F6O2S2/c1-7-9(3)28-15(26-5)11(7)13-14(12-8(2)10(4)29-16(12)27-6)18(22,23)19(24,25)17(13,20)21/h1-6H3. The number of methoxy groups -OCH3 is 2. The summed E-state index contributed by atoms with van der Waals surface area (Å²) in [5.41, 5.74) is -3.28. The van der Waals surface area contributed by atoms with Crippen molar-refractivity contribution < 1.29 is 35.8 Å². The molecule has 10 heteroatoms. The quantitative estimate of drug-likeness (QED) is 0.467. The molecule has 0 spiro atoms. The normalized spacial score (nSPS) is 19.7. The van der Waals surface area contributed by atoms with Gasteiger partial charge in [0.05, 0.1) is 14.2 Å². The zero-order valence-electron chi connectivity index (χ0n) is 16.4. The van der Waals surface area contributed by atoms with E-state index in [1.807, 2.05) is 0 Å². The Morgan fingerprint density at radius 1 is 0.621 bits per heavy atom. The molecule has 1 aliphatic carbocycles. The van der Waals surface area contributed by atoms with Crippen LogP contribution in [0, 0.1) is 27.7 Å². The van der Waals surface area contributed by atoms with Crippen molar-refractivity contribution in [3.8, 4) is 10.1 Å². The van der Waals surface area contributed by atoms with E-state index in [0.29, 0.717) is 9.75 Å². The van der Waals surface area contributed by atoms with Crippen molar-refractivity contribution in [1.82, 2.24) is 0 Å². The summed E-state index contributed by atoms with van der Waals surface area (Å²) in [5, 5.41) is -0.242. The van der Waals surface area contributed by atoms with Gasteiger partial charge in [0.15, 0.2) is 10.1 Å². The van der Waals surface area contributed by atoms with E-state index in [-0.39, 0.29) is 21.3 Å². The van der Waals surface area contributed by atoms with Crippen LogP contribution in [0.15, 0.2) is 0 Å². The van der Waals surface area contributed by atoms with E-state index in [1.165, 1.54) is 28.1 Å². The van der Waals surface area contributed by atoms with Crippen molar-refractivity contribution in [2.24, 2.45) is 0 Å². The second-order valence-electron chi connectivity index (χ2n) is 6.77. The van der Waals surface area contributed by atoms with Crippen molar-refractivity contribution >= 4 is 33.8 Å². The molecule has 2 heterocycles. The lowest BCUT2D eigenvalue weighted by molar-refractivity contribution is -0.254. The average Bonchev–Trinajstić information content (AvgIpc) is 3.11. The molecule has 0 atom stereocenters. The Bertz CT molecular complexity index is 938. The van der Waals surface area contributed by atoms with Crippen LogP contribution in [0.4, 0.5) is 26.3 Å². The Morgan fingerprint density at radius 2 is 0.931 bits per heavy atom. The van der Waals surface area contributed by atoms with Gasteiger partial charge in [0.1, 0.15) is 0 Å². The Morgan fingerprint density at radius 3 is 1.21 bits per heavy atom. The first-order chi connectivity index (χ1) is 13.3. The highest BCUT2D eigenvalue weighted by molar-refractivity contribution is 7.14. The molecule has 2 aromatic rings. The minimum Gasteiger partial charge on any atom is -0.487 e. The molecule has 3 rings (SSSR count). The summed E-state index contributed by atoms with van der Waals surface area (Å²) in [7, 11) is 2.36. The number of thiophene rings is 2. The highest BCUT2D eigenvalue weighted by atomic mass is 32.1. The predicted octanol–water partition coefficient (Wildman–Crippen LogP) is 6.89. The SMILES string of the molecule is COc1sc(C)c(C)c1C1=C(c2c(OC)sc(C)c2C)C(F)(F)C(F)(F)C1(F)F. The lowest BCUT2D eigenvalue weighted by atomic mass is 9.92. The van der Waals surface area contributed by atoms with Gasteiger partial charge < -0.3 is 9.47 Å². The summed E-state index contributed by atoms with van der Waals surface area (Å²) >= 11 is 1.87. The molecule has 0 aliphatic heterocycles. The fraction of sp³-hybridized carbons (Fsp3) is 0.474. The van der Waals surface area contributed by atoms with E-state index < -0.39 is 40.0 Å². The average molecular weight is 456 g/mol. The summed E-state index contributed by atoms with van der Waals surface area (Å²) in [6, 6.07) is 0. The van der Waals surface area contributed by atoms with E-state index in [1.54, 1.807) is 13.8 Å². The van der Waals surface area contributed by atoms with Crippen LogP contribution in [0.1, 0.15) is 32.0 Å². The minimum atomic E-state index is -5.62. The summed E-state index contributed by atoms with van der Waals surface area (Å²) in [6.07, 6.45) is 0. The van der Waals surface area contributed by atoms with E-state index in [2.05, 4.69) is 0 Å². The Balaban J connectivity index is 2.57. The zero-order chi connectivity index (χ0) is 22.1. The van der Waals surface area contributed by atoms with E-state index in [9.17, 15) is 8.78 Å². The van der Waals surface area contributed by atoms with Gasteiger partial charge in [-0.3, -0.25) is 0 Å². The number of rotatable bonds is 4. The topological polar surface area (TPSA) is 18.5 Å². The highest BCUT2D eigenvalue weighted by Crippen LogP contribution is 2.67. The fourth-order valence-electron chi connectivity index (χ4n) is 3.45. The third-order valence-corrected chi connectivity index (χ3v) is 7.58. The van der Waals surface area contributed by atoms with Crippen LogP contribution in [0.3, 0.4) is 0 Å². The largest absolute Gasteiger partial charge is 0.487 e. The zero-order valence-corrected chi connectivity index (χ0v) is 18.0. The van der Waals surface area contributed by atoms with Crippen LogP contribution in [0.5, 0.6) is 10.1 Å². The molecule has 160 valence electrons. The van der Waals surface area contributed by atoms with Crippen molar-refractivity contribution in [2.45, 2.75) is 45.5 Å².